The monoisotopic (exact) mass is 322 g/mol. The van der Waals surface area contributed by atoms with Crippen molar-refractivity contribution in [2.75, 3.05) is 7.11 Å². The molecule has 0 bridgehead atoms. The van der Waals surface area contributed by atoms with Gasteiger partial charge >= 0.3 is 5.97 Å². The highest BCUT2D eigenvalue weighted by Gasteiger charge is 2.33. The van der Waals surface area contributed by atoms with Crippen LogP contribution >= 0.6 is 12.4 Å². The number of carbonyl (C=O) groups is 1. The van der Waals surface area contributed by atoms with E-state index in [2.05, 4.69) is 29.4 Å². The number of unbranched alkanes of at least 4 members (excludes halogenated alkanes) is 1. The van der Waals surface area contributed by atoms with E-state index in [9.17, 15) is 4.79 Å². The molecule has 4 nitrogen and oxygen atoms in total. The number of aromatic nitrogens is 1. The van der Waals surface area contributed by atoms with Crippen LogP contribution in [0.2, 0.25) is 0 Å². The second-order valence-electron chi connectivity index (χ2n) is 5.70. The van der Waals surface area contributed by atoms with E-state index >= 15 is 0 Å². The van der Waals surface area contributed by atoms with Crippen molar-refractivity contribution in [3.8, 4) is 0 Å². The quantitative estimate of drug-likeness (QED) is 0.847. The Labute approximate surface area is 137 Å². The van der Waals surface area contributed by atoms with Crippen LogP contribution in [0.3, 0.4) is 0 Å². The number of methoxy groups -OCH3 is 1. The summed E-state index contributed by atoms with van der Waals surface area (Å²) in [5.74, 6) is -0.174. The standard InChI is InChI=1S/C17H22N2O2.ClH/c1-3-4-8-14-16-12(10-15(18-14)17(20)21-2)11-7-5-6-9-13(11)19-16;/h5-7,9,14-15,18-19H,3-4,8,10H2,1-2H3;1H/t14-,15-;/m0./s1. The Bertz CT molecular complexity index is 653. The minimum atomic E-state index is -0.247. The average Bonchev–Trinajstić information content (AvgIpc) is 2.90. The van der Waals surface area contributed by atoms with E-state index in [1.165, 1.54) is 23.8 Å². The molecule has 0 radical (unpaired) electrons. The number of benzene rings is 1. The second kappa shape index (κ2) is 7.16. The summed E-state index contributed by atoms with van der Waals surface area (Å²) in [5, 5.41) is 4.68. The number of hydrogen-bond donors (Lipinski definition) is 2. The summed E-state index contributed by atoms with van der Waals surface area (Å²) in [6, 6.07) is 8.26. The van der Waals surface area contributed by atoms with Gasteiger partial charge in [0.1, 0.15) is 6.04 Å². The normalized spacial score (nSPS) is 20.3. The first-order chi connectivity index (χ1) is 10.2. The van der Waals surface area contributed by atoms with Crippen LogP contribution in [-0.2, 0) is 16.0 Å². The lowest BCUT2D eigenvalue weighted by atomic mass is 9.91. The van der Waals surface area contributed by atoms with E-state index in [-0.39, 0.29) is 30.5 Å². The predicted octanol–water partition coefficient (Wildman–Crippen LogP) is 3.51. The molecule has 0 saturated carbocycles. The molecule has 2 N–H and O–H groups in total. The van der Waals surface area contributed by atoms with Gasteiger partial charge in [0, 0.05) is 29.1 Å². The van der Waals surface area contributed by atoms with Crippen molar-refractivity contribution in [2.45, 2.75) is 44.7 Å². The predicted molar refractivity (Wildman–Crippen MR) is 90.5 cm³/mol. The zero-order valence-corrected chi connectivity index (χ0v) is 13.8. The Morgan fingerprint density at radius 1 is 1.36 bits per heavy atom. The highest BCUT2D eigenvalue weighted by atomic mass is 35.5. The number of H-pyrrole nitrogens is 1. The Morgan fingerprint density at radius 2 is 2.14 bits per heavy atom. The van der Waals surface area contributed by atoms with Crippen LogP contribution in [0.1, 0.15) is 43.5 Å². The summed E-state index contributed by atoms with van der Waals surface area (Å²) in [5.41, 5.74) is 3.65. The maximum Gasteiger partial charge on any atom is 0.323 e. The highest BCUT2D eigenvalue weighted by molar-refractivity contribution is 5.87. The van der Waals surface area contributed by atoms with Crippen LogP contribution in [0.5, 0.6) is 0 Å². The first-order valence-corrected chi connectivity index (χ1v) is 7.68. The Balaban J connectivity index is 0.00000176. The molecule has 3 rings (SSSR count). The van der Waals surface area contributed by atoms with Gasteiger partial charge in [-0.05, 0) is 18.1 Å². The zero-order chi connectivity index (χ0) is 14.8. The van der Waals surface area contributed by atoms with Crippen molar-refractivity contribution in [3.63, 3.8) is 0 Å². The fraction of sp³-hybridized carbons (Fsp3) is 0.471. The lowest BCUT2D eigenvalue weighted by Crippen LogP contribution is -2.45. The third-order valence-electron chi connectivity index (χ3n) is 4.34. The largest absolute Gasteiger partial charge is 0.468 e. The summed E-state index contributed by atoms with van der Waals surface area (Å²) in [6.07, 6.45) is 4.01. The first kappa shape index (κ1) is 16.8. The summed E-state index contributed by atoms with van der Waals surface area (Å²) in [6.45, 7) is 2.19. The fourth-order valence-electron chi connectivity index (χ4n) is 3.26. The molecule has 1 aliphatic rings. The van der Waals surface area contributed by atoms with E-state index in [1.54, 1.807) is 0 Å². The first-order valence-electron chi connectivity index (χ1n) is 7.68. The van der Waals surface area contributed by atoms with Gasteiger partial charge < -0.3 is 9.72 Å². The SMILES string of the molecule is CCCC[C@@H]1N[C@H](C(=O)OC)Cc2c1[nH]c1ccccc21.Cl. The van der Waals surface area contributed by atoms with Crippen molar-refractivity contribution in [3.05, 3.63) is 35.5 Å². The number of fused-ring (bicyclic) bond motifs is 3. The molecular weight excluding hydrogens is 300 g/mol. The molecule has 22 heavy (non-hydrogen) atoms. The number of nitrogens with one attached hydrogen (secondary N) is 2. The molecule has 0 aliphatic carbocycles. The zero-order valence-electron chi connectivity index (χ0n) is 13.0. The Morgan fingerprint density at radius 3 is 2.86 bits per heavy atom. The van der Waals surface area contributed by atoms with Crippen molar-refractivity contribution >= 4 is 29.3 Å². The van der Waals surface area contributed by atoms with Gasteiger partial charge in [-0.3, -0.25) is 10.1 Å². The maximum atomic E-state index is 12.0. The number of carbonyl (C=O) groups excluding carboxylic acids is 1. The van der Waals surface area contributed by atoms with Crippen LogP contribution in [0.15, 0.2) is 24.3 Å². The molecule has 0 unspecified atom stereocenters. The molecule has 5 heteroatoms. The van der Waals surface area contributed by atoms with Gasteiger partial charge in [-0.25, -0.2) is 0 Å². The lowest BCUT2D eigenvalue weighted by molar-refractivity contribution is -0.143. The lowest BCUT2D eigenvalue weighted by Gasteiger charge is -2.30. The van der Waals surface area contributed by atoms with E-state index < -0.39 is 0 Å². The van der Waals surface area contributed by atoms with Crippen LogP contribution in [-0.4, -0.2) is 24.1 Å². The van der Waals surface area contributed by atoms with E-state index in [0.29, 0.717) is 6.42 Å². The maximum absolute atomic E-state index is 12.0. The van der Waals surface area contributed by atoms with Crippen molar-refractivity contribution < 1.29 is 9.53 Å². The Kier molecular flexibility index (Phi) is 5.48. The minimum absolute atomic E-state index is 0. The molecule has 0 spiro atoms. The van der Waals surface area contributed by atoms with Gasteiger partial charge in [0.15, 0.2) is 0 Å². The van der Waals surface area contributed by atoms with Crippen molar-refractivity contribution in [2.24, 2.45) is 0 Å². The summed E-state index contributed by atoms with van der Waals surface area (Å²) in [7, 11) is 1.45. The molecule has 0 saturated heterocycles. The van der Waals surface area contributed by atoms with E-state index in [1.807, 2.05) is 12.1 Å². The molecule has 120 valence electrons. The molecule has 0 fully saturated rings. The number of ether oxygens (including phenoxy) is 1. The molecule has 1 aromatic heterocycles. The van der Waals surface area contributed by atoms with Gasteiger partial charge in [0.25, 0.3) is 0 Å². The molecular formula is C17H23ClN2O2. The van der Waals surface area contributed by atoms with Gasteiger partial charge in [-0.1, -0.05) is 38.0 Å². The molecule has 1 aromatic carbocycles. The van der Waals surface area contributed by atoms with Crippen LogP contribution in [0.25, 0.3) is 10.9 Å². The van der Waals surface area contributed by atoms with E-state index in [0.717, 1.165) is 24.8 Å². The molecule has 0 amide bonds. The number of para-hydroxylation sites is 1. The number of aromatic amines is 1. The second-order valence-corrected chi connectivity index (χ2v) is 5.70. The molecule has 2 atom stereocenters. The highest BCUT2D eigenvalue weighted by Crippen LogP contribution is 2.34. The van der Waals surface area contributed by atoms with Gasteiger partial charge in [-0.15, -0.1) is 12.4 Å². The molecule has 2 heterocycles. The number of esters is 1. The van der Waals surface area contributed by atoms with Crippen LogP contribution in [0, 0.1) is 0 Å². The van der Waals surface area contributed by atoms with Gasteiger partial charge in [0.05, 0.1) is 7.11 Å². The number of hydrogen-bond acceptors (Lipinski definition) is 3. The number of halogens is 1. The fourth-order valence-corrected chi connectivity index (χ4v) is 3.26. The smallest absolute Gasteiger partial charge is 0.323 e. The van der Waals surface area contributed by atoms with Gasteiger partial charge in [0.2, 0.25) is 0 Å². The van der Waals surface area contributed by atoms with Crippen LogP contribution in [0.4, 0.5) is 0 Å². The van der Waals surface area contributed by atoms with E-state index in [4.69, 9.17) is 4.74 Å². The van der Waals surface area contributed by atoms with Crippen LogP contribution < -0.4 is 5.32 Å². The van der Waals surface area contributed by atoms with Gasteiger partial charge in [-0.2, -0.15) is 0 Å². The van der Waals surface area contributed by atoms with Crippen molar-refractivity contribution in [1.82, 2.24) is 10.3 Å². The molecule has 2 aromatic rings. The third-order valence-corrected chi connectivity index (χ3v) is 4.34. The number of rotatable bonds is 4. The average molecular weight is 323 g/mol. The summed E-state index contributed by atoms with van der Waals surface area (Å²) >= 11 is 0. The third kappa shape index (κ3) is 2.99. The minimum Gasteiger partial charge on any atom is -0.468 e. The summed E-state index contributed by atoms with van der Waals surface area (Å²) in [4.78, 5) is 15.5. The molecule has 1 aliphatic heterocycles. The summed E-state index contributed by atoms with van der Waals surface area (Å²) < 4.78 is 4.93. The topological polar surface area (TPSA) is 54.1 Å². The Hall–Kier alpha value is -1.52. The van der Waals surface area contributed by atoms with Crippen molar-refractivity contribution in [1.29, 1.82) is 0 Å².